The Kier molecular flexibility index (Phi) is 5.64. The van der Waals surface area contributed by atoms with Gasteiger partial charge in [0.1, 0.15) is 11.8 Å². The Morgan fingerprint density at radius 1 is 1.04 bits per heavy atom. The summed E-state index contributed by atoms with van der Waals surface area (Å²) in [5, 5.41) is 4.19. The number of hydrogen-bond donors (Lipinski definition) is 3. The van der Waals surface area contributed by atoms with Gasteiger partial charge in [0.2, 0.25) is 17.7 Å². The lowest BCUT2D eigenvalue weighted by Gasteiger charge is -2.13. The van der Waals surface area contributed by atoms with Crippen molar-refractivity contribution in [2.45, 2.75) is 17.4 Å². The number of amides is 3. The van der Waals surface area contributed by atoms with Gasteiger partial charge in [-0.1, -0.05) is 30.3 Å². The molecule has 7 nitrogen and oxygen atoms in total. The van der Waals surface area contributed by atoms with Gasteiger partial charge in [-0.15, -0.1) is 0 Å². The third-order valence-electron chi connectivity index (χ3n) is 3.33. The van der Waals surface area contributed by atoms with Crippen LogP contribution in [0.4, 0.5) is 0 Å². The van der Waals surface area contributed by atoms with Gasteiger partial charge in [-0.05, 0) is 22.9 Å². The lowest BCUT2D eigenvalue weighted by Crippen LogP contribution is -2.47. The first-order valence-electron chi connectivity index (χ1n) is 7.11. The van der Waals surface area contributed by atoms with E-state index in [1.165, 1.54) is 0 Å². The second kappa shape index (κ2) is 7.69. The molecule has 2 atom stereocenters. The topological polar surface area (TPSA) is 132 Å². The molecule has 0 aromatic heterocycles. The fraction of sp³-hybridized carbons (Fsp3) is 0.188. The Hall–Kier alpha value is -2.74. The van der Waals surface area contributed by atoms with Crippen molar-refractivity contribution in [2.24, 2.45) is 11.5 Å². The summed E-state index contributed by atoms with van der Waals surface area (Å²) in [6.07, 6.45) is -0.399. The van der Waals surface area contributed by atoms with Gasteiger partial charge in [0.25, 0.3) is 0 Å². The van der Waals surface area contributed by atoms with Crippen molar-refractivity contribution in [3.63, 3.8) is 0 Å². The molecule has 0 saturated heterocycles. The van der Waals surface area contributed by atoms with Crippen molar-refractivity contribution < 1.29 is 18.6 Å². The number of fused-ring (bicyclic) bond motifs is 1. The lowest BCUT2D eigenvalue weighted by molar-refractivity contribution is -0.128. The van der Waals surface area contributed by atoms with Crippen LogP contribution in [0.15, 0.2) is 47.4 Å². The highest BCUT2D eigenvalue weighted by Gasteiger charge is 2.21. The smallest absolute Gasteiger partial charge is 0.240 e. The summed E-state index contributed by atoms with van der Waals surface area (Å²) >= 11 is 0. The molecule has 0 aliphatic rings. The fourth-order valence-electron chi connectivity index (χ4n) is 2.17. The van der Waals surface area contributed by atoms with E-state index in [4.69, 9.17) is 11.5 Å². The van der Waals surface area contributed by atoms with E-state index in [9.17, 15) is 18.6 Å². The third kappa shape index (κ3) is 4.63. The van der Waals surface area contributed by atoms with Crippen LogP contribution in [0.25, 0.3) is 10.8 Å². The van der Waals surface area contributed by atoms with Gasteiger partial charge in [-0.3, -0.25) is 18.6 Å². The van der Waals surface area contributed by atoms with Crippen molar-refractivity contribution >= 4 is 39.3 Å². The zero-order valence-electron chi connectivity index (χ0n) is 12.7. The number of carbonyl (C=O) groups excluding carboxylic acids is 3. The first-order valence-corrected chi connectivity index (χ1v) is 8.43. The first-order chi connectivity index (χ1) is 11.4. The molecular formula is C16H17N3O4S. The van der Waals surface area contributed by atoms with Crippen LogP contribution >= 0.6 is 0 Å². The Bertz CT molecular complexity index is 822. The van der Waals surface area contributed by atoms with E-state index in [1.54, 1.807) is 12.1 Å². The summed E-state index contributed by atoms with van der Waals surface area (Å²) in [5.74, 6) is -2.64. The maximum atomic E-state index is 12.3. The predicted molar refractivity (Wildman–Crippen MR) is 90.2 cm³/mol. The molecule has 0 radical (unpaired) electrons. The summed E-state index contributed by atoms with van der Waals surface area (Å²) in [6.45, 7) is 0. The summed E-state index contributed by atoms with van der Waals surface area (Å²) in [4.78, 5) is 34.5. The number of nitrogens with two attached hydrogens (primary N) is 2. The monoisotopic (exact) mass is 347 g/mol. The quantitative estimate of drug-likeness (QED) is 0.639. The molecule has 0 aliphatic heterocycles. The second-order valence-corrected chi connectivity index (χ2v) is 6.64. The molecule has 0 bridgehead atoms. The van der Waals surface area contributed by atoms with Crippen molar-refractivity contribution in [3.8, 4) is 0 Å². The van der Waals surface area contributed by atoms with Gasteiger partial charge in [-0.2, -0.15) is 0 Å². The molecule has 1 unspecified atom stereocenters. The number of carbonyl (C=O) groups is 3. The standard InChI is InChI=1S/C16H17N3O4S/c17-14(20)8-13(16(18)22)19-15(21)9-24(23)12-6-5-10-3-1-2-4-11(10)7-12/h1-7,13H,8-9H2,(H2,17,20)(H2,18,22)(H,19,21)/t13-,24?/m0/s1. The summed E-state index contributed by atoms with van der Waals surface area (Å²) in [5.41, 5.74) is 10.1. The Balaban J connectivity index is 2.05. The Morgan fingerprint density at radius 3 is 2.33 bits per heavy atom. The number of hydrogen-bond acceptors (Lipinski definition) is 4. The minimum Gasteiger partial charge on any atom is -0.370 e. The van der Waals surface area contributed by atoms with Crippen LogP contribution in [-0.2, 0) is 25.2 Å². The molecule has 0 spiro atoms. The number of primary amides is 2. The molecule has 24 heavy (non-hydrogen) atoms. The highest BCUT2D eigenvalue weighted by atomic mass is 32.2. The maximum absolute atomic E-state index is 12.3. The van der Waals surface area contributed by atoms with E-state index in [-0.39, 0.29) is 5.75 Å². The molecule has 2 aromatic rings. The molecule has 0 aliphatic carbocycles. The van der Waals surface area contributed by atoms with Crippen LogP contribution in [0, 0.1) is 0 Å². The zero-order chi connectivity index (χ0) is 17.7. The van der Waals surface area contributed by atoms with Crippen LogP contribution in [0.5, 0.6) is 0 Å². The van der Waals surface area contributed by atoms with E-state index in [0.717, 1.165) is 10.8 Å². The average Bonchev–Trinajstić information content (AvgIpc) is 2.53. The SMILES string of the molecule is NC(=O)C[C@H](NC(=O)CS(=O)c1ccc2ccccc2c1)C(N)=O. The molecule has 8 heteroatoms. The van der Waals surface area contributed by atoms with Gasteiger partial charge in [0.15, 0.2) is 0 Å². The van der Waals surface area contributed by atoms with Gasteiger partial charge < -0.3 is 16.8 Å². The normalized spacial score (nSPS) is 13.2. The summed E-state index contributed by atoms with van der Waals surface area (Å²) < 4.78 is 12.3. The van der Waals surface area contributed by atoms with Crippen LogP contribution in [-0.4, -0.2) is 33.7 Å². The number of rotatable bonds is 7. The highest BCUT2D eigenvalue weighted by molar-refractivity contribution is 7.85. The summed E-state index contributed by atoms with van der Waals surface area (Å²) in [7, 11) is -1.59. The van der Waals surface area contributed by atoms with Gasteiger partial charge in [0, 0.05) is 4.90 Å². The Morgan fingerprint density at radius 2 is 1.71 bits per heavy atom. The van der Waals surface area contributed by atoms with Crippen LogP contribution < -0.4 is 16.8 Å². The fourth-order valence-corrected chi connectivity index (χ4v) is 3.14. The predicted octanol–water partition coefficient (Wildman–Crippen LogP) is -0.207. The van der Waals surface area contributed by atoms with Crippen LogP contribution in [0.2, 0.25) is 0 Å². The van der Waals surface area contributed by atoms with Crippen molar-refractivity contribution in [1.82, 2.24) is 5.32 Å². The second-order valence-electron chi connectivity index (χ2n) is 5.19. The van der Waals surface area contributed by atoms with Crippen molar-refractivity contribution in [2.75, 3.05) is 5.75 Å². The van der Waals surface area contributed by atoms with Crippen LogP contribution in [0.3, 0.4) is 0 Å². The largest absolute Gasteiger partial charge is 0.370 e. The van der Waals surface area contributed by atoms with Crippen molar-refractivity contribution in [3.05, 3.63) is 42.5 Å². The minimum atomic E-state index is -1.59. The van der Waals surface area contributed by atoms with Gasteiger partial charge >= 0.3 is 0 Å². The highest BCUT2D eigenvalue weighted by Crippen LogP contribution is 2.18. The van der Waals surface area contributed by atoms with Crippen LogP contribution in [0.1, 0.15) is 6.42 Å². The molecule has 0 saturated carbocycles. The molecular weight excluding hydrogens is 330 g/mol. The van der Waals surface area contributed by atoms with E-state index < -0.39 is 41.0 Å². The van der Waals surface area contributed by atoms with Gasteiger partial charge in [-0.25, -0.2) is 0 Å². The number of benzene rings is 2. The molecule has 0 fully saturated rings. The molecule has 0 heterocycles. The van der Waals surface area contributed by atoms with E-state index in [1.807, 2.05) is 30.3 Å². The molecule has 5 N–H and O–H groups in total. The first kappa shape index (κ1) is 17.6. The number of nitrogens with one attached hydrogen (secondary N) is 1. The van der Waals surface area contributed by atoms with E-state index in [2.05, 4.69) is 5.32 Å². The average molecular weight is 347 g/mol. The Labute approximate surface area is 140 Å². The molecule has 2 aromatic carbocycles. The van der Waals surface area contributed by atoms with E-state index >= 15 is 0 Å². The van der Waals surface area contributed by atoms with Gasteiger partial charge in [0.05, 0.1) is 17.2 Å². The summed E-state index contributed by atoms with van der Waals surface area (Å²) in [6, 6.07) is 11.6. The third-order valence-corrected chi connectivity index (χ3v) is 4.63. The lowest BCUT2D eigenvalue weighted by atomic mass is 10.1. The molecule has 2 rings (SSSR count). The zero-order valence-corrected chi connectivity index (χ0v) is 13.5. The molecule has 3 amide bonds. The molecule has 126 valence electrons. The van der Waals surface area contributed by atoms with E-state index in [0.29, 0.717) is 4.90 Å². The minimum absolute atomic E-state index is 0.346. The maximum Gasteiger partial charge on any atom is 0.240 e. The van der Waals surface area contributed by atoms with Crippen molar-refractivity contribution in [1.29, 1.82) is 0 Å².